The normalized spacial score (nSPS) is 11.0. The molecule has 0 rings (SSSR count). The lowest BCUT2D eigenvalue weighted by Crippen LogP contribution is -2.05. The topological polar surface area (TPSA) is 52.6 Å². The number of esters is 2. The highest BCUT2D eigenvalue weighted by Crippen LogP contribution is 2.13. The Bertz CT molecular complexity index is 422. The van der Waals surface area contributed by atoms with Gasteiger partial charge < -0.3 is 9.47 Å². The summed E-state index contributed by atoms with van der Waals surface area (Å²) in [4.78, 5) is 23.3. The molecule has 0 amide bonds. The third kappa shape index (κ3) is 27.1. The van der Waals surface area contributed by atoms with E-state index in [2.05, 4.69) is 13.8 Å². The van der Waals surface area contributed by atoms with Crippen molar-refractivity contribution in [2.45, 2.75) is 162 Å². The molecule has 0 saturated carbocycles. The minimum Gasteiger partial charge on any atom is -0.466 e. The molecule has 0 spiro atoms. The zero-order chi connectivity index (χ0) is 24.2. The Kier molecular flexibility index (Phi) is 26.3. The number of unbranched alkanes of at least 4 members (excludes halogenated alkanes) is 18. The second-order valence-corrected chi connectivity index (χ2v) is 9.66. The van der Waals surface area contributed by atoms with Crippen LogP contribution in [0.1, 0.15) is 162 Å². The molecular weight excluding hydrogens is 412 g/mol. The summed E-state index contributed by atoms with van der Waals surface area (Å²) in [6, 6.07) is 0. The zero-order valence-corrected chi connectivity index (χ0v) is 22.3. The van der Waals surface area contributed by atoms with Crippen LogP contribution in [0, 0.1) is 0 Å². The van der Waals surface area contributed by atoms with Gasteiger partial charge in [-0.1, -0.05) is 123 Å². The fourth-order valence-corrected chi connectivity index (χ4v) is 4.03. The van der Waals surface area contributed by atoms with Crippen molar-refractivity contribution >= 4 is 11.9 Å². The van der Waals surface area contributed by atoms with Crippen LogP contribution in [0.2, 0.25) is 0 Å². The highest BCUT2D eigenvalue weighted by molar-refractivity contribution is 5.69. The Morgan fingerprint density at radius 3 is 1.09 bits per heavy atom. The maximum absolute atomic E-state index is 11.8. The first-order chi connectivity index (χ1) is 16.2. The van der Waals surface area contributed by atoms with Crippen molar-refractivity contribution in [2.75, 3.05) is 13.2 Å². The molecule has 0 unspecified atom stereocenters. The van der Waals surface area contributed by atoms with Gasteiger partial charge in [0.2, 0.25) is 0 Å². The van der Waals surface area contributed by atoms with Crippen LogP contribution in [0.3, 0.4) is 0 Å². The summed E-state index contributed by atoms with van der Waals surface area (Å²) in [5.41, 5.74) is 0. The first-order valence-electron chi connectivity index (χ1n) is 14.5. The molecule has 196 valence electrons. The van der Waals surface area contributed by atoms with Crippen molar-refractivity contribution in [3.63, 3.8) is 0 Å². The smallest absolute Gasteiger partial charge is 0.305 e. The predicted octanol–water partition coefficient (Wildman–Crippen LogP) is 9.08. The molecule has 0 aromatic heterocycles. The van der Waals surface area contributed by atoms with E-state index in [1.54, 1.807) is 0 Å². The Hall–Kier alpha value is -1.06. The maximum Gasteiger partial charge on any atom is 0.305 e. The molecule has 0 N–H and O–H groups in total. The first kappa shape index (κ1) is 31.9. The van der Waals surface area contributed by atoms with E-state index in [1.807, 2.05) is 0 Å². The van der Waals surface area contributed by atoms with E-state index < -0.39 is 0 Å². The number of rotatable bonds is 26. The minimum atomic E-state index is -0.0605. The summed E-state index contributed by atoms with van der Waals surface area (Å²) in [5, 5.41) is 0. The van der Waals surface area contributed by atoms with E-state index in [1.165, 1.54) is 77.0 Å². The highest BCUT2D eigenvalue weighted by atomic mass is 16.5. The molecule has 33 heavy (non-hydrogen) atoms. The van der Waals surface area contributed by atoms with Crippen molar-refractivity contribution in [1.82, 2.24) is 0 Å². The Morgan fingerprint density at radius 2 is 0.697 bits per heavy atom. The van der Waals surface area contributed by atoms with Gasteiger partial charge in [-0.2, -0.15) is 0 Å². The average molecular weight is 469 g/mol. The molecule has 0 aliphatic rings. The molecule has 0 radical (unpaired) electrons. The molecule has 0 atom stereocenters. The molecule has 4 heteroatoms. The van der Waals surface area contributed by atoms with Gasteiger partial charge in [0.1, 0.15) is 0 Å². The third-order valence-corrected chi connectivity index (χ3v) is 6.28. The summed E-state index contributed by atoms with van der Waals surface area (Å²) in [6.45, 7) is 5.51. The first-order valence-corrected chi connectivity index (χ1v) is 14.5. The number of hydrogen-bond acceptors (Lipinski definition) is 4. The van der Waals surface area contributed by atoms with E-state index in [4.69, 9.17) is 9.47 Å². The molecule has 0 aromatic carbocycles. The summed E-state index contributed by atoms with van der Waals surface area (Å²) in [7, 11) is 0. The third-order valence-electron chi connectivity index (χ3n) is 6.28. The van der Waals surface area contributed by atoms with Crippen LogP contribution in [0.25, 0.3) is 0 Å². The van der Waals surface area contributed by atoms with Gasteiger partial charge >= 0.3 is 11.9 Å². The molecule has 4 nitrogen and oxygen atoms in total. The van der Waals surface area contributed by atoms with Crippen molar-refractivity contribution in [3.8, 4) is 0 Å². The van der Waals surface area contributed by atoms with Crippen molar-refractivity contribution in [1.29, 1.82) is 0 Å². The molecule has 0 aromatic rings. The largest absolute Gasteiger partial charge is 0.466 e. The van der Waals surface area contributed by atoms with Crippen LogP contribution in [0.4, 0.5) is 0 Å². The lowest BCUT2D eigenvalue weighted by atomic mass is 10.0. The van der Waals surface area contributed by atoms with Gasteiger partial charge in [-0.15, -0.1) is 0 Å². The Balaban J connectivity index is 3.21. The van der Waals surface area contributed by atoms with Crippen LogP contribution < -0.4 is 0 Å². The van der Waals surface area contributed by atoms with Gasteiger partial charge in [-0.25, -0.2) is 0 Å². The monoisotopic (exact) mass is 468 g/mol. The van der Waals surface area contributed by atoms with Gasteiger partial charge in [-0.05, 0) is 25.7 Å². The van der Waals surface area contributed by atoms with Crippen molar-refractivity contribution < 1.29 is 19.1 Å². The zero-order valence-electron chi connectivity index (χ0n) is 22.3. The highest BCUT2D eigenvalue weighted by Gasteiger charge is 2.04. The van der Waals surface area contributed by atoms with Gasteiger partial charge in [0, 0.05) is 12.8 Å². The number of carbonyl (C=O) groups is 2. The molecule has 0 aliphatic carbocycles. The predicted molar refractivity (Wildman–Crippen MR) is 139 cm³/mol. The summed E-state index contributed by atoms with van der Waals surface area (Å²) in [6.07, 6.45) is 26.6. The number of ether oxygens (including phenoxy) is 2. The fourth-order valence-electron chi connectivity index (χ4n) is 4.03. The van der Waals surface area contributed by atoms with Gasteiger partial charge in [0.25, 0.3) is 0 Å². The molecule has 0 fully saturated rings. The number of carbonyl (C=O) groups excluding carboxylic acids is 2. The Labute approximate surface area is 206 Å². The van der Waals surface area contributed by atoms with Crippen molar-refractivity contribution in [3.05, 3.63) is 0 Å². The van der Waals surface area contributed by atoms with E-state index in [0.717, 1.165) is 57.8 Å². The molecular formula is C29H56O4. The Morgan fingerprint density at radius 1 is 0.394 bits per heavy atom. The van der Waals surface area contributed by atoms with Crippen LogP contribution in [0.15, 0.2) is 0 Å². The lowest BCUT2D eigenvalue weighted by Gasteiger charge is -2.06. The lowest BCUT2D eigenvalue weighted by molar-refractivity contribution is -0.144. The van der Waals surface area contributed by atoms with Crippen LogP contribution in [0.5, 0.6) is 0 Å². The second kappa shape index (κ2) is 27.2. The molecule has 0 heterocycles. The fraction of sp³-hybridized carbons (Fsp3) is 0.931. The van der Waals surface area contributed by atoms with Crippen LogP contribution in [-0.2, 0) is 19.1 Å². The van der Waals surface area contributed by atoms with Gasteiger partial charge in [0.15, 0.2) is 0 Å². The minimum absolute atomic E-state index is 0.0382. The quantitative estimate of drug-likeness (QED) is 0.0938. The van der Waals surface area contributed by atoms with Crippen LogP contribution in [-0.4, -0.2) is 25.2 Å². The second-order valence-electron chi connectivity index (χ2n) is 9.66. The number of hydrogen-bond donors (Lipinski definition) is 0. The SMILES string of the molecule is CCCCCCCCCCCCCCCOC(=O)CCCCCCCCC(=O)OCCCC. The maximum atomic E-state index is 11.8. The molecule has 0 aliphatic heterocycles. The van der Waals surface area contributed by atoms with Gasteiger partial charge in [-0.3, -0.25) is 9.59 Å². The van der Waals surface area contributed by atoms with E-state index in [9.17, 15) is 9.59 Å². The molecule has 0 bridgehead atoms. The average Bonchev–Trinajstić information content (AvgIpc) is 2.81. The van der Waals surface area contributed by atoms with E-state index >= 15 is 0 Å². The van der Waals surface area contributed by atoms with Crippen LogP contribution >= 0.6 is 0 Å². The van der Waals surface area contributed by atoms with Gasteiger partial charge in [0.05, 0.1) is 13.2 Å². The summed E-state index contributed by atoms with van der Waals surface area (Å²) < 4.78 is 10.5. The summed E-state index contributed by atoms with van der Waals surface area (Å²) >= 11 is 0. The molecule has 0 saturated heterocycles. The van der Waals surface area contributed by atoms with E-state index in [-0.39, 0.29) is 11.9 Å². The van der Waals surface area contributed by atoms with E-state index in [0.29, 0.717) is 26.1 Å². The summed E-state index contributed by atoms with van der Waals surface area (Å²) in [5.74, 6) is -0.0987. The standard InChI is InChI=1S/C29H56O4/c1-3-5-7-8-9-10-11-12-13-14-17-20-23-27-33-29(31)25-22-19-16-15-18-21-24-28(30)32-26-6-4-2/h3-27H2,1-2H3. The van der Waals surface area contributed by atoms with Crippen molar-refractivity contribution in [2.24, 2.45) is 0 Å².